The molecule has 0 atom stereocenters. The first-order valence-corrected chi connectivity index (χ1v) is 8.96. The number of aromatic nitrogens is 1. The van der Waals surface area contributed by atoms with Crippen LogP contribution in [-0.2, 0) is 20.1 Å². The van der Waals surface area contributed by atoms with Gasteiger partial charge in [-0.1, -0.05) is 17.7 Å². The van der Waals surface area contributed by atoms with Crippen molar-refractivity contribution in [1.29, 1.82) is 0 Å². The van der Waals surface area contributed by atoms with E-state index >= 15 is 0 Å². The van der Waals surface area contributed by atoms with Crippen LogP contribution in [0.2, 0.25) is 0 Å². The molecule has 0 unspecified atom stereocenters. The summed E-state index contributed by atoms with van der Waals surface area (Å²) in [5.74, 6) is 0. The maximum atomic E-state index is 9.18. The molecular formula is C19H24N2OS. The number of benzene rings is 1. The molecule has 0 saturated heterocycles. The summed E-state index contributed by atoms with van der Waals surface area (Å²) in [6, 6.07) is 13.2. The summed E-state index contributed by atoms with van der Waals surface area (Å²) in [5, 5.41) is 12.6. The number of rotatable bonds is 7. The smallest absolute Gasteiger partial charge is 0.0480 e. The summed E-state index contributed by atoms with van der Waals surface area (Å²) in [7, 11) is 2.14. The van der Waals surface area contributed by atoms with E-state index in [0.29, 0.717) is 0 Å². The Morgan fingerprint density at radius 3 is 2.78 bits per heavy atom. The van der Waals surface area contributed by atoms with Gasteiger partial charge >= 0.3 is 0 Å². The van der Waals surface area contributed by atoms with Gasteiger partial charge in [0.15, 0.2) is 0 Å². The molecule has 0 aliphatic rings. The quantitative estimate of drug-likeness (QED) is 0.712. The van der Waals surface area contributed by atoms with Gasteiger partial charge in [0.1, 0.15) is 0 Å². The van der Waals surface area contributed by atoms with Gasteiger partial charge in [-0.15, -0.1) is 11.3 Å². The third kappa shape index (κ3) is 3.83. The molecule has 1 N–H and O–H groups in total. The zero-order valence-electron chi connectivity index (χ0n) is 13.8. The summed E-state index contributed by atoms with van der Waals surface area (Å²) < 4.78 is 2.29. The van der Waals surface area contributed by atoms with E-state index < -0.39 is 0 Å². The number of hydrogen-bond acceptors (Lipinski definition) is 3. The minimum atomic E-state index is 0.245. The lowest BCUT2D eigenvalue weighted by molar-refractivity contribution is 0.211. The Balaban J connectivity index is 1.82. The summed E-state index contributed by atoms with van der Waals surface area (Å²) in [5.41, 5.74) is 3.90. The number of aryl methyl sites for hydroxylation is 2. The SMILES string of the molecule is Cc1ccc2c(c1)cc(CN(CCCO)Cc1cccs1)n2C. The molecule has 0 bridgehead atoms. The molecule has 3 nitrogen and oxygen atoms in total. The van der Waals surface area contributed by atoms with Gasteiger partial charge in [-0.2, -0.15) is 0 Å². The second kappa shape index (κ2) is 7.30. The molecule has 0 amide bonds. The maximum Gasteiger partial charge on any atom is 0.0480 e. The van der Waals surface area contributed by atoms with Crippen molar-refractivity contribution in [3.63, 3.8) is 0 Å². The van der Waals surface area contributed by atoms with Crippen molar-refractivity contribution in [3.8, 4) is 0 Å². The van der Waals surface area contributed by atoms with Crippen LogP contribution in [0.4, 0.5) is 0 Å². The van der Waals surface area contributed by atoms with Crippen molar-refractivity contribution >= 4 is 22.2 Å². The Morgan fingerprint density at radius 1 is 1.17 bits per heavy atom. The Bertz CT molecular complexity index is 761. The standard InChI is InChI=1S/C19H24N2OS/c1-15-6-7-19-16(11-15)12-17(20(19)2)13-21(8-4-9-22)14-18-5-3-10-23-18/h3,5-7,10-12,22H,4,8-9,13-14H2,1-2H3. The molecule has 0 aliphatic carbocycles. The minimum absolute atomic E-state index is 0.245. The van der Waals surface area contributed by atoms with Crippen molar-refractivity contribution < 1.29 is 5.11 Å². The van der Waals surface area contributed by atoms with Gasteiger partial charge in [0.05, 0.1) is 0 Å². The summed E-state index contributed by atoms with van der Waals surface area (Å²) in [4.78, 5) is 3.79. The number of aliphatic hydroxyl groups excluding tert-OH is 1. The van der Waals surface area contributed by atoms with Crippen LogP contribution < -0.4 is 0 Å². The van der Waals surface area contributed by atoms with E-state index in [9.17, 15) is 5.11 Å². The highest BCUT2D eigenvalue weighted by molar-refractivity contribution is 7.09. The average molecular weight is 328 g/mol. The highest BCUT2D eigenvalue weighted by Crippen LogP contribution is 2.22. The number of thiophene rings is 1. The first-order chi connectivity index (χ1) is 11.2. The predicted molar refractivity (Wildman–Crippen MR) is 97.8 cm³/mol. The average Bonchev–Trinajstić information content (AvgIpc) is 3.14. The van der Waals surface area contributed by atoms with Gasteiger partial charge in [0, 0.05) is 54.8 Å². The molecule has 0 spiro atoms. The Hall–Kier alpha value is -1.62. The molecule has 0 fully saturated rings. The van der Waals surface area contributed by atoms with Gasteiger partial charge < -0.3 is 9.67 Å². The van der Waals surface area contributed by atoms with Crippen LogP contribution in [0.3, 0.4) is 0 Å². The van der Waals surface area contributed by atoms with Crippen molar-refractivity contribution in [3.05, 3.63) is 57.9 Å². The van der Waals surface area contributed by atoms with E-state index in [1.165, 1.54) is 27.0 Å². The third-order valence-corrected chi connectivity index (χ3v) is 5.14. The second-order valence-corrected chi connectivity index (χ2v) is 7.16. The number of nitrogens with zero attached hydrogens (tertiary/aromatic N) is 2. The van der Waals surface area contributed by atoms with Gasteiger partial charge in [-0.05, 0) is 43.0 Å². The molecule has 2 heterocycles. The molecular weight excluding hydrogens is 304 g/mol. The number of fused-ring (bicyclic) bond motifs is 1. The molecule has 3 aromatic rings. The normalized spacial score (nSPS) is 11.7. The van der Waals surface area contributed by atoms with Crippen molar-refractivity contribution in [2.45, 2.75) is 26.4 Å². The number of aliphatic hydroxyl groups is 1. The van der Waals surface area contributed by atoms with Crippen molar-refractivity contribution in [2.75, 3.05) is 13.2 Å². The molecule has 23 heavy (non-hydrogen) atoms. The van der Waals surface area contributed by atoms with Crippen LogP contribution in [0.5, 0.6) is 0 Å². The number of hydrogen-bond donors (Lipinski definition) is 1. The van der Waals surface area contributed by atoms with Gasteiger partial charge in [0.2, 0.25) is 0 Å². The van der Waals surface area contributed by atoms with Crippen LogP contribution >= 0.6 is 11.3 Å². The monoisotopic (exact) mass is 328 g/mol. The fourth-order valence-electron chi connectivity index (χ4n) is 3.04. The largest absolute Gasteiger partial charge is 0.396 e. The highest BCUT2D eigenvalue weighted by Gasteiger charge is 2.12. The van der Waals surface area contributed by atoms with E-state index in [4.69, 9.17) is 0 Å². The topological polar surface area (TPSA) is 28.4 Å². The predicted octanol–water partition coefficient (Wildman–Crippen LogP) is 3.93. The second-order valence-electron chi connectivity index (χ2n) is 6.12. The van der Waals surface area contributed by atoms with Gasteiger partial charge in [-0.3, -0.25) is 4.90 Å². The molecule has 4 heteroatoms. The van der Waals surface area contributed by atoms with Crippen LogP contribution in [0.15, 0.2) is 41.8 Å². The van der Waals surface area contributed by atoms with E-state index in [-0.39, 0.29) is 6.61 Å². The Kier molecular flexibility index (Phi) is 5.16. The lowest BCUT2D eigenvalue weighted by atomic mass is 10.2. The lowest BCUT2D eigenvalue weighted by Gasteiger charge is -2.21. The first kappa shape index (κ1) is 16.2. The highest BCUT2D eigenvalue weighted by atomic mass is 32.1. The minimum Gasteiger partial charge on any atom is -0.396 e. The van der Waals surface area contributed by atoms with Crippen LogP contribution in [0.25, 0.3) is 10.9 Å². The maximum absolute atomic E-state index is 9.18. The van der Waals surface area contributed by atoms with Crippen LogP contribution in [-0.4, -0.2) is 27.7 Å². The summed E-state index contributed by atoms with van der Waals surface area (Å²) in [6.45, 7) is 5.14. The van der Waals surface area contributed by atoms with Crippen molar-refractivity contribution in [1.82, 2.24) is 9.47 Å². The third-order valence-electron chi connectivity index (χ3n) is 4.27. The Labute approximate surface area is 141 Å². The molecule has 3 rings (SSSR count). The molecule has 0 radical (unpaired) electrons. The zero-order valence-corrected chi connectivity index (χ0v) is 14.6. The van der Waals surface area contributed by atoms with E-state index in [1.54, 1.807) is 11.3 Å². The molecule has 0 aliphatic heterocycles. The van der Waals surface area contributed by atoms with Gasteiger partial charge in [0.25, 0.3) is 0 Å². The molecule has 1 aromatic carbocycles. The fraction of sp³-hybridized carbons (Fsp3) is 0.368. The lowest BCUT2D eigenvalue weighted by Crippen LogP contribution is -2.25. The van der Waals surface area contributed by atoms with Crippen LogP contribution in [0.1, 0.15) is 22.6 Å². The zero-order chi connectivity index (χ0) is 16.2. The first-order valence-electron chi connectivity index (χ1n) is 8.08. The molecule has 2 aromatic heterocycles. The Morgan fingerprint density at radius 2 is 2.04 bits per heavy atom. The summed E-state index contributed by atoms with van der Waals surface area (Å²) in [6.07, 6.45) is 0.814. The van der Waals surface area contributed by atoms with Crippen LogP contribution in [0, 0.1) is 6.92 Å². The molecule has 122 valence electrons. The molecule has 0 saturated carbocycles. The summed E-state index contributed by atoms with van der Waals surface area (Å²) >= 11 is 1.80. The fourth-order valence-corrected chi connectivity index (χ4v) is 3.78. The van der Waals surface area contributed by atoms with Gasteiger partial charge in [-0.25, -0.2) is 0 Å². The van der Waals surface area contributed by atoms with E-state index in [2.05, 4.69) is 65.2 Å². The van der Waals surface area contributed by atoms with Crippen molar-refractivity contribution in [2.24, 2.45) is 7.05 Å². The van der Waals surface area contributed by atoms with E-state index in [0.717, 1.165) is 26.1 Å². The van der Waals surface area contributed by atoms with E-state index in [1.807, 2.05) is 0 Å².